The van der Waals surface area contributed by atoms with Gasteiger partial charge in [0.05, 0.1) is 17.6 Å². The van der Waals surface area contributed by atoms with Crippen LogP contribution in [0.3, 0.4) is 0 Å². The number of aliphatic imine (C=N–C) groups is 3. The number of rotatable bonds is 5. The molecule has 3 heterocycles. The van der Waals surface area contributed by atoms with E-state index in [1.807, 2.05) is 12.4 Å². The van der Waals surface area contributed by atoms with Crippen LogP contribution in [0.15, 0.2) is 74.1 Å². The third kappa shape index (κ3) is 4.17. The molecule has 0 atom stereocenters. The highest BCUT2D eigenvalue weighted by Gasteiger charge is 2.29. The second-order valence-corrected chi connectivity index (χ2v) is 8.70. The molecule has 1 fully saturated rings. The molecule has 1 aromatic rings. The molecule has 0 amide bonds. The lowest BCUT2D eigenvalue weighted by Gasteiger charge is -2.31. The number of nitrogens with zero attached hydrogens (tertiary/aromatic N) is 5. The van der Waals surface area contributed by atoms with Gasteiger partial charge in [0.15, 0.2) is 5.84 Å². The molecule has 0 N–H and O–H groups in total. The van der Waals surface area contributed by atoms with Gasteiger partial charge in [0.2, 0.25) is 0 Å². The number of hydrogen-bond acceptors (Lipinski definition) is 5. The van der Waals surface area contributed by atoms with Crippen molar-refractivity contribution >= 4 is 24.0 Å². The van der Waals surface area contributed by atoms with Crippen LogP contribution in [0.1, 0.15) is 49.8 Å². The minimum atomic E-state index is 0.790. The van der Waals surface area contributed by atoms with Gasteiger partial charge in [0.1, 0.15) is 0 Å². The molecule has 3 aliphatic heterocycles. The number of fused-ring (bicyclic) bond motifs is 1. The summed E-state index contributed by atoms with van der Waals surface area (Å²) in [7, 11) is 0. The first-order chi connectivity index (χ1) is 15.7. The molecular weight excluding hydrogens is 394 g/mol. The van der Waals surface area contributed by atoms with Crippen LogP contribution in [0.4, 0.5) is 0 Å². The minimum Gasteiger partial charge on any atom is -0.300 e. The third-order valence-corrected chi connectivity index (χ3v) is 6.50. The normalized spacial score (nSPS) is 20.8. The number of aryl methyl sites for hydroxylation is 1. The van der Waals surface area contributed by atoms with Crippen molar-refractivity contribution in [3.63, 3.8) is 0 Å². The monoisotopic (exact) mass is 425 g/mol. The fraction of sp³-hybridized carbons (Fsp3) is 0.370. The van der Waals surface area contributed by atoms with Crippen molar-refractivity contribution in [1.29, 1.82) is 0 Å². The summed E-state index contributed by atoms with van der Waals surface area (Å²) in [6.45, 7) is 10.4. The van der Waals surface area contributed by atoms with Gasteiger partial charge in [-0.05, 0) is 74.1 Å². The van der Waals surface area contributed by atoms with E-state index in [9.17, 15) is 0 Å². The van der Waals surface area contributed by atoms with Gasteiger partial charge in [0.25, 0.3) is 0 Å². The van der Waals surface area contributed by atoms with Crippen molar-refractivity contribution in [1.82, 2.24) is 9.80 Å². The molecule has 0 radical (unpaired) electrons. The summed E-state index contributed by atoms with van der Waals surface area (Å²) in [6.07, 6.45) is 14.1. The van der Waals surface area contributed by atoms with Gasteiger partial charge in [-0.15, -0.1) is 0 Å². The number of allylic oxidation sites excluding steroid dienone is 3. The van der Waals surface area contributed by atoms with Gasteiger partial charge in [-0.3, -0.25) is 19.8 Å². The van der Waals surface area contributed by atoms with Crippen molar-refractivity contribution in [2.75, 3.05) is 26.2 Å². The zero-order valence-corrected chi connectivity index (χ0v) is 19.3. The maximum Gasteiger partial charge on any atom is 0.156 e. The van der Waals surface area contributed by atoms with Crippen molar-refractivity contribution < 1.29 is 0 Å². The summed E-state index contributed by atoms with van der Waals surface area (Å²) in [5.41, 5.74) is 9.68. The molecule has 1 saturated carbocycles. The van der Waals surface area contributed by atoms with E-state index in [1.54, 1.807) is 0 Å². The van der Waals surface area contributed by atoms with Crippen LogP contribution in [0.25, 0.3) is 5.70 Å². The molecule has 0 spiro atoms. The molecule has 0 saturated heterocycles. The fourth-order valence-electron chi connectivity index (χ4n) is 4.31. The number of benzene rings is 1. The Balaban J connectivity index is 1.47. The quantitative estimate of drug-likeness (QED) is 0.615. The topological polar surface area (TPSA) is 43.6 Å². The standard InChI is InChI=1S/C27H31N5/c1-4-28-16-23-14-22(7-6-19(23)3)24-15-26(21-8-9-21)32-18-25(29-17-27(32)30-24)20-10-12-31(5-2)13-11-20/h6-7,10,14-18H,4-5,8-9,11-13H2,1-3H3. The summed E-state index contributed by atoms with van der Waals surface area (Å²) >= 11 is 0. The predicted octanol–water partition coefficient (Wildman–Crippen LogP) is 5.11. The molecule has 1 aliphatic carbocycles. The Morgan fingerprint density at radius 2 is 2.00 bits per heavy atom. The Labute approximate surface area is 191 Å². The largest absolute Gasteiger partial charge is 0.300 e. The van der Waals surface area contributed by atoms with Crippen molar-refractivity contribution in [3.05, 3.63) is 75.8 Å². The van der Waals surface area contributed by atoms with Crippen LogP contribution in [0, 0.1) is 6.92 Å². The van der Waals surface area contributed by atoms with Crippen LogP contribution in [-0.2, 0) is 0 Å². The molecule has 4 aliphatic rings. The Bertz CT molecular complexity index is 1140. The van der Waals surface area contributed by atoms with Crippen LogP contribution < -0.4 is 0 Å². The number of hydrogen-bond donors (Lipinski definition) is 0. The molecular formula is C27H31N5. The molecule has 0 aromatic heterocycles. The first kappa shape index (κ1) is 20.8. The zero-order chi connectivity index (χ0) is 22.1. The van der Waals surface area contributed by atoms with E-state index in [0.29, 0.717) is 0 Å². The number of likely N-dealkylation sites (N-methyl/N-ethyl adjacent to an activating group) is 1. The molecule has 32 heavy (non-hydrogen) atoms. The number of amidine groups is 1. The summed E-state index contributed by atoms with van der Waals surface area (Å²) in [5, 5.41) is 0. The zero-order valence-electron chi connectivity index (χ0n) is 19.3. The van der Waals surface area contributed by atoms with Crippen LogP contribution in [0.5, 0.6) is 0 Å². The van der Waals surface area contributed by atoms with Crippen molar-refractivity contribution in [3.8, 4) is 0 Å². The highest BCUT2D eigenvalue weighted by Crippen LogP contribution is 2.39. The fourth-order valence-corrected chi connectivity index (χ4v) is 4.31. The summed E-state index contributed by atoms with van der Waals surface area (Å²) < 4.78 is 0. The van der Waals surface area contributed by atoms with Crippen LogP contribution >= 0.6 is 0 Å². The van der Waals surface area contributed by atoms with Crippen molar-refractivity contribution in [2.24, 2.45) is 15.0 Å². The molecule has 164 valence electrons. The van der Waals surface area contributed by atoms with Crippen LogP contribution in [0.2, 0.25) is 0 Å². The first-order valence-corrected chi connectivity index (χ1v) is 11.8. The average Bonchev–Trinajstić information content (AvgIpc) is 3.68. The van der Waals surface area contributed by atoms with Gasteiger partial charge < -0.3 is 0 Å². The van der Waals surface area contributed by atoms with Gasteiger partial charge in [-0.25, -0.2) is 4.99 Å². The lowest BCUT2D eigenvalue weighted by molar-refractivity contribution is 0.311. The molecule has 0 bridgehead atoms. The second kappa shape index (κ2) is 8.83. The van der Waals surface area contributed by atoms with E-state index in [4.69, 9.17) is 9.98 Å². The maximum absolute atomic E-state index is 4.99. The molecule has 1 aromatic carbocycles. The summed E-state index contributed by atoms with van der Waals surface area (Å²) in [4.78, 5) is 18.9. The van der Waals surface area contributed by atoms with E-state index in [0.717, 1.165) is 61.0 Å². The first-order valence-electron chi connectivity index (χ1n) is 11.8. The molecule has 0 unspecified atom stereocenters. The molecule has 5 heteroatoms. The van der Waals surface area contributed by atoms with E-state index in [1.165, 1.54) is 35.2 Å². The molecule has 5 nitrogen and oxygen atoms in total. The maximum atomic E-state index is 4.99. The predicted molar refractivity (Wildman–Crippen MR) is 134 cm³/mol. The van der Waals surface area contributed by atoms with Crippen LogP contribution in [-0.4, -0.2) is 54.2 Å². The van der Waals surface area contributed by atoms with Gasteiger partial charge >= 0.3 is 0 Å². The average molecular weight is 426 g/mol. The van der Waals surface area contributed by atoms with E-state index >= 15 is 0 Å². The van der Waals surface area contributed by atoms with Gasteiger partial charge in [-0.2, -0.15) is 0 Å². The minimum absolute atomic E-state index is 0.790. The molecule has 5 rings (SSSR count). The Hall–Kier alpha value is -3.05. The van der Waals surface area contributed by atoms with Crippen molar-refractivity contribution in [2.45, 2.75) is 40.0 Å². The Morgan fingerprint density at radius 3 is 2.72 bits per heavy atom. The Kier molecular flexibility index (Phi) is 5.75. The second-order valence-electron chi connectivity index (χ2n) is 8.70. The lowest BCUT2D eigenvalue weighted by Crippen LogP contribution is -2.32. The summed E-state index contributed by atoms with van der Waals surface area (Å²) in [6, 6.07) is 6.52. The summed E-state index contributed by atoms with van der Waals surface area (Å²) in [5.74, 6) is 0.900. The highest BCUT2D eigenvalue weighted by molar-refractivity contribution is 6.32. The van der Waals surface area contributed by atoms with E-state index in [-0.39, 0.29) is 0 Å². The van der Waals surface area contributed by atoms with E-state index in [2.05, 4.69) is 72.1 Å². The van der Waals surface area contributed by atoms with E-state index < -0.39 is 0 Å². The van der Waals surface area contributed by atoms with Gasteiger partial charge in [-0.1, -0.05) is 25.1 Å². The SMILES string of the molecule is CCN=Cc1cc(C2=CC(=C3CC3)N3C=C(C4=CCN(CC)CC4)N=CC3=N2)ccc1C. The Morgan fingerprint density at radius 1 is 1.12 bits per heavy atom. The smallest absolute Gasteiger partial charge is 0.156 e. The third-order valence-electron chi connectivity index (χ3n) is 6.50. The van der Waals surface area contributed by atoms with Gasteiger partial charge in [0, 0.05) is 43.3 Å². The lowest BCUT2D eigenvalue weighted by atomic mass is 10.0. The highest BCUT2D eigenvalue weighted by atomic mass is 15.2.